The minimum Gasteiger partial charge on any atom is -0.466 e. The second kappa shape index (κ2) is 10.3. The van der Waals surface area contributed by atoms with Crippen molar-refractivity contribution in [3.05, 3.63) is 78.0 Å². The molecule has 0 spiro atoms. The number of rotatable bonds is 6. The third kappa shape index (κ3) is 5.40. The average Bonchev–Trinajstić information content (AvgIpc) is 2.85. The number of aromatic nitrogens is 1. The fourth-order valence-corrected chi connectivity index (χ4v) is 4.20. The van der Waals surface area contributed by atoms with Gasteiger partial charge in [-0.15, -0.1) is 0 Å². The van der Waals surface area contributed by atoms with Gasteiger partial charge in [0.15, 0.2) is 0 Å². The number of benzene rings is 2. The van der Waals surface area contributed by atoms with Gasteiger partial charge in [-0.1, -0.05) is 36.4 Å². The smallest absolute Gasteiger partial charge is 0.309 e. The molecule has 0 saturated carbocycles. The maximum atomic E-state index is 12.7. The zero-order valence-electron chi connectivity index (χ0n) is 19.1. The molecular weight excluding hydrogens is 414 g/mol. The van der Waals surface area contributed by atoms with Gasteiger partial charge in [-0.05, 0) is 67.6 Å². The molecule has 1 aliphatic rings. The summed E-state index contributed by atoms with van der Waals surface area (Å²) >= 11 is 0. The van der Waals surface area contributed by atoms with Gasteiger partial charge in [0.1, 0.15) is 5.82 Å². The van der Waals surface area contributed by atoms with Gasteiger partial charge in [0.05, 0.1) is 18.1 Å². The lowest BCUT2D eigenvalue weighted by Gasteiger charge is -2.31. The summed E-state index contributed by atoms with van der Waals surface area (Å²) in [5, 5.41) is 2.96. The lowest BCUT2D eigenvalue weighted by molar-refractivity contribution is -0.148. The van der Waals surface area contributed by atoms with E-state index in [-0.39, 0.29) is 17.8 Å². The Morgan fingerprint density at radius 2 is 1.82 bits per heavy atom. The third-order valence-corrected chi connectivity index (χ3v) is 6.02. The van der Waals surface area contributed by atoms with Gasteiger partial charge in [-0.3, -0.25) is 9.59 Å². The number of nitrogens with zero attached hydrogens (tertiary/aromatic N) is 2. The first-order valence-electron chi connectivity index (χ1n) is 11.4. The van der Waals surface area contributed by atoms with Gasteiger partial charge in [0.25, 0.3) is 5.91 Å². The van der Waals surface area contributed by atoms with Crippen LogP contribution in [0.5, 0.6) is 0 Å². The lowest BCUT2D eigenvalue weighted by atomic mass is 9.97. The number of piperidine rings is 1. The van der Waals surface area contributed by atoms with Gasteiger partial charge in [0, 0.05) is 25.0 Å². The maximum absolute atomic E-state index is 12.7. The second-order valence-electron chi connectivity index (χ2n) is 8.27. The molecule has 1 aromatic heterocycles. The first kappa shape index (κ1) is 22.5. The number of aryl methyl sites for hydroxylation is 1. The van der Waals surface area contributed by atoms with E-state index in [1.54, 1.807) is 12.3 Å². The number of carbonyl (C=O) groups is 2. The summed E-state index contributed by atoms with van der Waals surface area (Å²) in [5.41, 5.74) is 4.65. The number of anilines is 2. The highest BCUT2D eigenvalue weighted by atomic mass is 16.5. The van der Waals surface area contributed by atoms with Crippen molar-refractivity contribution in [1.82, 2.24) is 4.98 Å². The Bertz CT molecular complexity index is 1110. The van der Waals surface area contributed by atoms with Gasteiger partial charge in [-0.2, -0.15) is 0 Å². The summed E-state index contributed by atoms with van der Waals surface area (Å²) in [7, 11) is 0. The average molecular weight is 444 g/mol. The molecule has 0 aliphatic carbocycles. The summed E-state index contributed by atoms with van der Waals surface area (Å²) in [6.07, 6.45) is 3.11. The van der Waals surface area contributed by atoms with Crippen molar-refractivity contribution >= 4 is 23.4 Å². The number of carbonyl (C=O) groups excluding carboxylic acids is 2. The molecule has 4 rings (SSSR count). The summed E-state index contributed by atoms with van der Waals surface area (Å²) in [5.74, 6) is 0.478. The minimum absolute atomic E-state index is 0.0389. The number of hydrogen-bond donors (Lipinski definition) is 1. The Morgan fingerprint density at radius 3 is 2.45 bits per heavy atom. The molecule has 1 saturated heterocycles. The minimum atomic E-state index is -0.193. The van der Waals surface area contributed by atoms with Crippen LogP contribution in [-0.4, -0.2) is 36.6 Å². The number of ether oxygens (including phenoxy) is 1. The fourth-order valence-electron chi connectivity index (χ4n) is 4.20. The number of hydrogen-bond acceptors (Lipinski definition) is 5. The van der Waals surface area contributed by atoms with Crippen molar-refractivity contribution in [3.8, 4) is 11.1 Å². The molecule has 6 heteroatoms. The summed E-state index contributed by atoms with van der Waals surface area (Å²) in [6, 6.07) is 19.8. The van der Waals surface area contributed by atoms with Crippen molar-refractivity contribution in [2.75, 3.05) is 29.9 Å². The van der Waals surface area contributed by atoms with Crippen LogP contribution < -0.4 is 10.2 Å². The first-order valence-corrected chi connectivity index (χ1v) is 11.4. The second-order valence-corrected chi connectivity index (χ2v) is 8.27. The van der Waals surface area contributed by atoms with E-state index in [0.29, 0.717) is 12.2 Å². The molecule has 2 aromatic carbocycles. The van der Waals surface area contributed by atoms with E-state index in [1.165, 1.54) is 0 Å². The normalized spacial score (nSPS) is 14.1. The first-order chi connectivity index (χ1) is 16.0. The largest absolute Gasteiger partial charge is 0.466 e. The van der Waals surface area contributed by atoms with Crippen LogP contribution in [0.2, 0.25) is 0 Å². The van der Waals surface area contributed by atoms with E-state index in [2.05, 4.69) is 27.3 Å². The van der Waals surface area contributed by atoms with Crippen LogP contribution >= 0.6 is 0 Å². The van der Waals surface area contributed by atoms with Crippen LogP contribution in [0.3, 0.4) is 0 Å². The molecule has 33 heavy (non-hydrogen) atoms. The molecule has 1 amide bonds. The Kier molecular flexibility index (Phi) is 7.03. The Morgan fingerprint density at radius 1 is 1.06 bits per heavy atom. The predicted molar refractivity (Wildman–Crippen MR) is 130 cm³/mol. The van der Waals surface area contributed by atoms with Crippen molar-refractivity contribution in [3.63, 3.8) is 0 Å². The van der Waals surface area contributed by atoms with Gasteiger partial charge < -0.3 is 15.0 Å². The van der Waals surface area contributed by atoms with E-state index < -0.39 is 0 Å². The maximum Gasteiger partial charge on any atom is 0.309 e. The zero-order chi connectivity index (χ0) is 23.2. The topological polar surface area (TPSA) is 71.5 Å². The van der Waals surface area contributed by atoms with E-state index in [9.17, 15) is 9.59 Å². The molecular formula is C27H29N3O3. The van der Waals surface area contributed by atoms with E-state index in [1.807, 2.05) is 56.3 Å². The highest BCUT2D eigenvalue weighted by molar-refractivity contribution is 6.04. The van der Waals surface area contributed by atoms with Gasteiger partial charge in [0.2, 0.25) is 0 Å². The summed E-state index contributed by atoms with van der Waals surface area (Å²) < 4.78 is 5.13. The highest BCUT2D eigenvalue weighted by Gasteiger charge is 2.26. The van der Waals surface area contributed by atoms with Crippen LogP contribution in [0.4, 0.5) is 11.5 Å². The molecule has 1 fully saturated rings. The van der Waals surface area contributed by atoms with Crippen molar-refractivity contribution < 1.29 is 14.3 Å². The Labute approximate surface area is 194 Å². The summed E-state index contributed by atoms with van der Waals surface area (Å²) in [6.45, 7) is 5.78. The van der Waals surface area contributed by atoms with Crippen LogP contribution in [0.25, 0.3) is 11.1 Å². The molecule has 0 unspecified atom stereocenters. The monoisotopic (exact) mass is 443 g/mol. The summed E-state index contributed by atoms with van der Waals surface area (Å²) in [4.78, 5) is 31.3. The van der Waals surface area contributed by atoms with Gasteiger partial charge >= 0.3 is 5.97 Å². The lowest BCUT2D eigenvalue weighted by Crippen LogP contribution is -2.37. The fraction of sp³-hybridized carbons (Fsp3) is 0.296. The van der Waals surface area contributed by atoms with E-state index >= 15 is 0 Å². The molecule has 170 valence electrons. The molecule has 1 N–H and O–H groups in total. The highest BCUT2D eigenvalue weighted by Crippen LogP contribution is 2.26. The van der Waals surface area contributed by atoms with E-state index in [0.717, 1.165) is 54.1 Å². The quantitative estimate of drug-likeness (QED) is 0.538. The predicted octanol–water partition coefficient (Wildman–Crippen LogP) is 5.09. The van der Waals surface area contributed by atoms with Crippen molar-refractivity contribution in [1.29, 1.82) is 0 Å². The van der Waals surface area contributed by atoms with Crippen molar-refractivity contribution in [2.45, 2.75) is 26.7 Å². The molecule has 2 heterocycles. The molecule has 3 aromatic rings. The Balaban J connectivity index is 1.36. The zero-order valence-corrected chi connectivity index (χ0v) is 19.1. The molecule has 1 aliphatic heterocycles. The molecule has 6 nitrogen and oxygen atoms in total. The molecule has 0 bridgehead atoms. The van der Waals surface area contributed by atoms with E-state index in [4.69, 9.17) is 4.74 Å². The van der Waals surface area contributed by atoms with Gasteiger partial charge in [-0.25, -0.2) is 4.98 Å². The number of amides is 1. The third-order valence-electron chi connectivity index (χ3n) is 6.02. The number of pyridine rings is 1. The molecule has 0 radical (unpaired) electrons. The van der Waals surface area contributed by atoms with Crippen LogP contribution in [0, 0.1) is 12.8 Å². The van der Waals surface area contributed by atoms with Crippen LogP contribution in [-0.2, 0) is 9.53 Å². The number of nitrogens with one attached hydrogen (secondary N) is 1. The number of esters is 1. The molecule has 0 atom stereocenters. The van der Waals surface area contributed by atoms with Crippen molar-refractivity contribution in [2.24, 2.45) is 5.92 Å². The Hall–Kier alpha value is -3.67. The standard InChI is InChI=1S/C27H29N3O3/c1-3-33-27(32)21-13-15-30(16-14-21)25-12-9-22(18-28-25)26(31)29-23-10-11-24(19(2)17-23)20-7-5-4-6-8-20/h4-12,17-18,21H,3,13-16H2,1-2H3,(H,29,31). The van der Waals surface area contributed by atoms with Crippen LogP contribution in [0.1, 0.15) is 35.7 Å². The van der Waals surface area contributed by atoms with Crippen LogP contribution in [0.15, 0.2) is 66.9 Å². The SMILES string of the molecule is CCOC(=O)C1CCN(c2ccc(C(=O)Nc3ccc(-c4ccccc4)c(C)c3)cn2)CC1.